The molecule has 0 radical (unpaired) electrons. The number of nitrogens with one attached hydrogen (secondary N) is 1. The maximum Gasteiger partial charge on any atom is 0.422 e. The summed E-state index contributed by atoms with van der Waals surface area (Å²) < 4.78 is 65.4. The number of hydrogen-bond donors (Lipinski definition) is 2. The molecule has 3 N–H and O–H groups in total. The number of halogens is 4. The van der Waals surface area contributed by atoms with Crippen molar-refractivity contribution in [1.82, 2.24) is 9.71 Å². The van der Waals surface area contributed by atoms with E-state index in [9.17, 15) is 21.6 Å². The summed E-state index contributed by atoms with van der Waals surface area (Å²) in [7, 11) is -3.75. The normalized spacial score (nSPS) is 11.8. The van der Waals surface area contributed by atoms with Crippen molar-refractivity contribution in [3.8, 4) is 5.88 Å². The maximum atomic E-state index is 11.9. The van der Waals surface area contributed by atoms with Crippen LogP contribution in [-0.4, -0.2) is 39.3 Å². The van der Waals surface area contributed by atoms with Gasteiger partial charge in [0.2, 0.25) is 15.9 Å². The minimum Gasteiger partial charge on any atom is -0.468 e. The second kappa shape index (κ2) is 7.62. The van der Waals surface area contributed by atoms with E-state index in [-0.39, 0.29) is 36.3 Å². The molecule has 1 rings (SSSR count). The lowest BCUT2D eigenvalue weighted by atomic mass is 10.5. The number of ether oxygens (including phenoxy) is 1. The van der Waals surface area contributed by atoms with E-state index < -0.39 is 22.8 Å². The van der Waals surface area contributed by atoms with Crippen LogP contribution in [-0.2, 0) is 10.0 Å². The molecule has 0 saturated heterocycles. The molecule has 20 heavy (non-hydrogen) atoms. The summed E-state index contributed by atoms with van der Waals surface area (Å²) in [6, 6.07) is 2.14. The molecule has 0 spiro atoms. The summed E-state index contributed by atoms with van der Waals surface area (Å²) in [6.07, 6.45) is -3.57. The molecule has 1 heterocycles. The smallest absolute Gasteiger partial charge is 0.422 e. The van der Waals surface area contributed by atoms with Gasteiger partial charge < -0.3 is 10.5 Å². The van der Waals surface area contributed by atoms with E-state index >= 15 is 0 Å². The van der Waals surface area contributed by atoms with Gasteiger partial charge in [-0.05, 0) is 6.07 Å². The number of aromatic nitrogens is 1. The van der Waals surface area contributed by atoms with Gasteiger partial charge in [-0.1, -0.05) is 0 Å². The quantitative estimate of drug-likeness (QED) is 0.797. The molecule has 0 aliphatic carbocycles. The summed E-state index contributed by atoms with van der Waals surface area (Å²) in [6.45, 7) is -1.31. The molecule has 6 nitrogen and oxygen atoms in total. The monoisotopic (exact) mass is 335 g/mol. The van der Waals surface area contributed by atoms with Crippen molar-refractivity contribution in [1.29, 1.82) is 0 Å². The third kappa shape index (κ3) is 6.37. The van der Waals surface area contributed by atoms with Gasteiger partial charge in [-0.3, -0.25) is 0 Å². The molecule has 0 atom stereocenters. The minimum atomic E-state index is -4.48. The molecular formula is C9H13ClF3N3O3S. The lowest BCUT2D eigenvalue weighted by molar-refractivity contribution is -0.154. The fraction of sp³-hybridized carbons (Fsp3) is 0.444. The first-order valence-electron chi connectivity index (χ1n) is 5.10. The molecule has 0 fully saturated rings. The van der Waals surface area contributed by atoms with Crippen molar-refractivity contribution in [2.45, 2.75) is 11.1 Å². The van der Waals surface area contributed by atoms with Gasteiger partial charge in [-0.25, -0.2) is 18.1 Å². The predicted molar refractivity (Wildman–Crippen MR) is 67.3 cm³/mol. The van der Waals surface area contributed by atoms with E-state index in [0.29, 0.717) is 0 Å². The van der Waals surface area contributed by atoms with Gasteiger partial charge in [0.25, 0.3) is 0 Å². The van der Waals surface area contributed by atoms with Crippen LogP contribution in [0.15, 0.2) is 23.2 Å². The summed E-state index contributed by atoms with van der Waals surface area (Å²) >= 11 is 0. The lowest BCUT2D eigenvalue weighted by Gasteiger charge is -2.09. The second-order valence-corrected chi connectivity index (χ2v) is 5.19. The van der Waals surface area contributed by atoms with Gasteiger partial charge in [0.1, 0.15) is 4.90 Å². The van der Waals surface area contributed by atoms with Crippen LogP contribution in [0, 0.1) is 0 Å². The number of pyridine rings is 1. The SMILES string of the molecule is Cl.NCCNS(=O)(=O)c1ccc(OCC(F)(F)F)nc1. The summed E-state index contributed by atoms with van der Waals surface area (Å²) in [5, 5.41) is 0. The zero-order valence-electron chi connectivity index (χ0n) is 10.1. The highest BCUT2D eigenvalue weighted by atomic mass is 35.5. The number of alkyl halides is 3. The molecule has 0 aromatic carbocycles. The zero-order valence-corrected chi connectivity index (χ0v) is 11.7. The molecular weight excluding hydrogens is 323 g/mol. The van der Waals surface area contributed by atoms with Gasteiger partial charge in [0.15, 0.2) is 6.61 Å². The fourth-order valence-electron chi connectivity index (χ4n) is 1.04. The van der Waals surface area contributed by atoms with Crippen LogP contribution in [0.2, 0.25) is 0 Å². The van der Waals surface area contributed by atoms with E-state index in [1.165, 1.54) is 0 Å². The van der Waals surface area contributed by atoms with Crippen LogP contribution in [0.1, 0.15) is 0 Å². The molecule has 0 amide bonds. The Bertz CT molecular complexity index is 507. The third-order valence-electron chi connectivity index (χ3n) is 1.84. The first-order chi connectivity index (χ1) is 8.74. The van der Waals surface area contributed by atoms with Crippen molar-refractivity contribution >= 4 is 22.4 Å². The van der Waals surface area contributed by atoms with Gasteiger partial charge in [0, 0.05) is 19.2 Å². The van der Waals surface area contributed by atoms with Crippen molar-refractivity contribution < 1.29 is 26.3 Å². The average molecular weight is 336 g/mol. The topological polar surface area (TPSA) is 94.3 Å². The standard InChI is InChI=1S/C9H12F3N3O3S.ClH/c10-9(11,12)6-18-8-2-1-7(5-14-8)19(16,17)15-4-3-13;/h1-2,5,15H,3-4,6,13H2;1H. The average Bonchev–Trinajstić information content (AvgIpc) is 2.34. The molecule has 11 heteroatoms. The third-order valence-corrected chi connectivity index (χ3v) is 3.29. The Balaban J connectivity index is 0.00000361. The Morgan fingerprint density at radius 3 is 2.45 bits per heavy atom. The molecule has 116 valence electrons. The van der Waals surface area contributed by atoms with Gasteiger partial charge in [-0.15, -0.1) is 12.4 Å². The fourth-order valence-corrected chi connectivity index (χ4v) is 2.04. The minimum absolute atomic E-state index is 0. The van der Waals surface area contributed by atoms with E-state index in [4.69, 9.17) is 5.73 Å². The Labute approximate surface area is 120 Å². The van der Waals surface area contributed by atoms with Crippen LogP contribution in [0.25, 0.3) is 0 Å². The van der Waals surface area contributed by atoms with Gasteiger partial charge in [0.05, 0.1) is 6.20 Å². The Kier molecular flexibility index (Phi) is 7.20. The predicted octanol–water partition coefficient (Wildman–Crippen LogP) is 0.681. The van der Waals surface area contributed by atoms with Crippen molar-refractivity contribution in [2.24, 2.45) is 5.73 Å². The van der Waals surface area contributed by atoms with Crippen molar-refractivity contribution in [3.05, 3.63) is 18.3 Å². The first kappa shape index (κ1) is 18.9. The van der Waals surface area contributed by atoms with Crippen LogP contribution < -0.4 is 15.2 Å². The van der Waals surface area contributed by atoms with E-state index in [0.717, 1.165) is 18.3 Å². The van der Waals surface area contributed by atoms with Crippen molar-refractivity contribution in [2.75, 3.05) is 19.7 Å². The van der Waals surface area contributed by atoms with Gasteiger partial charge >= 0.3 is 6.18 Å². The van der Waals surface area contributed by atoms with Gasteiger partial charge in [-0.2, -0.15) is 13.2 Å². The molecule has 0 saturated carbocycles. The highest BCUT2D eigenvalue weighted by Gasteiger charge is 2.28. The largest absolute Gasteiger partial charge is 0.468 e. The molecule has 0 bridgehead atoms. The van der Waals surface area contributed by atoms with Crippen LogP contribution in [0.5, 0.6) is 5.88 Å². The molecule has 0 aliphatic rings. The first-order valence-corrected chi connectivity index (χ1v) is 6.58. The highest BCUT2D eigenvalue weighted by molar-refractivity contribution is 7.89. The van der Waals surface area contributed by atoms with Crippen LogP contribution >= 0.6 is 12.4 Å². The Morgan fingerprint density at radius 1 is 1.35 bits per heavy atom. The number of rotatable bonds is 6. The van der Waals surface area contributed by atoms with Crippen LogP contribution in [0.3, 0.4) is 0 Å². The summed E-state index contributed by atoms with van der Waals surface area (Å²) in [4.78, 5) is 3.30. The zero-order chi connectivity index (χ0) is 14.5. The lowest BCUT2D eigenvalue weighted by Crippen LogP contribution is -2.29. The Hall–Kier alpha value is -1.10. The molecule has 1 aromatic rings. The number of hydrogen-bond acceptors (Lipinski definition) is 5. The molecule has 0 unspecified atom stereocenters. The number of nitrogens with zero attached hydrogens (tertiary/aromatic N) is 1. The second-order valence-electron chi connectivity index (χ2n) is 3.42. The molecule has 1 aromatic heterocycles. The maximum absolute atomic E-state index is 11.9. The van der Waals surface area contributed by atoms with E-state index in [2.05, 4.69) is 14.4 Å². The van der Waals surface area contributed by atoms with E-state index in [1.807, 2.05) is 0 Å². The summed E-state index contributed by atoms with van der Waals surface area (Å²) in [5.41, 5.74) is 5.15. The number of sulfonamides is 1. The number of nitrogens with two attached hydrogens (primary N) is 1. The van der Waals surface area contributed by atoms with Crippen molar-refractivity contribution in [3.63, 3.8) is 0 Å². The van der Waals surface area contributed by atoms with E-state index in [1.54, 1.807) is 0 Å². The molecule has 0 aliphatic heterocycles. The highest BCUT2D eigenvalue weighted by Crippen LogP contribution is 2.17. The van der Waals surface area contributed by atoms with Crippen LogP contribution in [0.4, 0.5) is 13.2 Å². The Morgan fingerprint density at radius 2 is 2.00 bits per heavy atom. The summed E-state index contributed by atoms with van der Waals surface area (Å²) in [5.74, 6) is -0.310.